The summed E-state index contributed by atoms with van der Waals surface area (Å²) in [6.45, 7) is 0.759. The van der Waals surface area contributed by atoms with Gasteiger partial charge in [0.2, 0.25) is 11.7 Å². The van der Waals surface area contributed by atoms with Crippen LogP contribution < -0.4 is 0 Å². The molecule has 0 aromatic carbocycles. The Morgan fingerprint density at radius 3 is 3.22 bits per heavy atom. The third-order valence-corrected chi connectivity index (χ3v) is 5.14. The van der Waals surface area contributed by atoms with E-state index in [4.69, 9.17) is 4.74 Å². The summed E-state index contributed by atoms with van der Waals surface area (Å²) in [5, 5.41) is 9.71. The van der Waals surface area contributed by atoms with Gasteiger partial charge >= 0.3 is 6.29 Å². The molecule has 3 aliphatic heterocycles. The highest BCUT2D eigenvalue weighted by molar-refractivity contribution is 5.82. The maximum absolute atomic E-state index is 12.2. The minimum Gasteiger partial charge on any atom is -0.357 e. The maximum atomic E-state index is 12.2. The number of carbonyl (C=O) groups is 1. The van der Waals surface area contributed by atoms with Crippen molar-refractivity contribution in [3.8, 4) is 0 Å². The zero-order chi connectivity index (χ0) is 12.3. The predicted molar refractivity (Wildman–Crippen MR) is 64.1 cm³/mol. The van der Waals surface area contributed by atoms with Gasteiger partial charge in [0.1, 0.15) is 12.0 Å². The van der Waals surface area contributed by atoms with Crippen LogP contribution in [0.1, 0.15) is 38.5 Å². The highest BCUT2D eigenvalue weighted by Crippen LogP contribution is 2.55. The van der Waals surface area contributed by atoms with Crippen molar-refractivity contribution in [2.75, 3.05) is 6.54 Å². The maximum Gasteiger partial charge on any atom is 0.309 e. The molecule has 4 rings (SSSR count). The first kappa shape index (κ1) is 10.7. The van der Waals surface area contributed by atoms with Crippen molar-refractivity contribution >= 4 is 5.91 Å². The number of carbonyl (C=O) groups excluding carboxylic acids is 1. The Kier molecular flexibility index (Phi) is 2.05. The zero-order valence-corrected chi connectivity index (χ0v) is 10.4. The summed E-state index contributed by atoms with van der Waals surface area (Å²) in [6.07, 6.45) is 7.02. The second-order valence-corrected chi connectivity index (χ2v) is 5.88. The van der Waals surface area contributed by atoms with Crippen molar-refractivity contribution in [1.82, 2.24) is 4.90 Å². The number of rotatable bonds is 0. The Morgan fingerprint density at radius 1 is 1.44 bits per heavy atom. The Bertz CT molecular complexity index is 444. The molecule has 1 saturated heterocycles. The molecule has 0 radical (unpaired) electrons. The molecule has 1 saturated carbocycles. The van der Waals surface area contributed by atoms with E-state index in [0.29, 0.717) is 18.2 Å². The number of nitrogens with zero attached hydrogens (tertiary/aromatic N) is 1. The Labute approximate surface area is 107 Å². The molecule has 0 unspecified atom stereocenters. The van der Waals surface area contributed by atoms with Crippen LogP contribution >= 0.6 is 0 Å². The van der Waals surface area contributed by atoms with E-state index in [0.717, 1.165) is 37.1 Å². The molecule has 4 nitrogen and oxygen atoms in total. The summed E-state index contributed by atoms with van der Waals surface area (Å²) < 4.78 is 5.49. The lowest BCUT2D eigenvalue weighted by Gasteiger charge is -2.44. The van der Waals surface area contributed by atoms with Crippen molar-refractivity contribution in [3.63, 3.8) is 0 Å². The Morgan fingerprint density at radius 2 is 2.33 bits per heavy atom. The van der Waals surface area contributed by atoms with Gasteiger partial charge in [-0.2, -0.15) is 0 Å². The third kappa shape index (κ3) is 1.14. The number of amides is 1. The smallest absolute Gasteiger partial charge is 0.309 e. The van der Waals surface area contributed by atoms with Crippen molar-refractivity contribution in [3.05, 3.63) is 17.8 Å². The van der Waals surface area contributed by atoms with E-state index in [-0.39, 0.29) is 5.54 Å². The van der Waals surface area contributed by atoms with Crippen LogP contribution in [0.4, 0.5) is 0 Å². The molecule has 96 valence electrons. The molecule has 2 fully saturated rings. The van der Waals surface area contributed by atoms with Crippen molar-refractivity contribution in [2.24, 2.45) is 5.92 Å². The lowest BCUT2D eigenvalue weighted by Crippen LogP contribution is -2.54. The average Bonchev–Trinajstić information content (AvgIpc) is 2.86. The number of aliphatic hydroxyl groups is 1. The number of hydrogen-bond acceptors (Lipinski definition) is 3. The zero-order valence-electron chi connectivity index (χ0n) is 10.4. The van der Waals surface area contributed by atoms with Crippen LogP contribution in [0.3, 0.4) is 0 Å². The quantitative estimate of drug-likeness (QED) is 0.658. The fourth-order valence-corrected chi connectivity index (χ4v) is 4.49. The Balaban J connectivity index is 1.83. The number of hydrogen-bond donors (Lipinski definition) is 1. The second-order valence-electron chi connectivity index (χ2n) is 5.88. The van der Waals surface area contributed by atoms with Gasteiger partial charge in [-0.15, -0.1) is 0 Å². The van der Waals surface area contributed by atoms with Crippen LogP contribution in [0.25, 0.3) is 0 Å². The lowest BCUT2D eigenvalue weighted by molar-refractivity contribution is -0.131. The largest absolute Gasteiger partial charge is 0.357 e. The van der Waals surface area contributed by atoms with Gasteiger partial charge in [-0.25, -0.2) is 0 Å². The van der Waals surface area contributed by atoms with E-state index in [1.165, 1.54) is 12.8 Å². The summed E-state index contributed by atoms with van der Waals surface area (Å²) in [4.78, 5) is 14.3. The van der Waals surface area contributed by atoms with Gasteiger partial charge in [0.05, 0.1) is 6.42 Å². The van der Waals surface area contributed by atoms with Crippen molar-refractivity contribution in [1.29, 1.82) is 0 Å². The first-order valence-electron chi connectivity index (χ1n) is 6.95. The van der Waals surface area contributed by atoms with Crippen LogP contribution in [0, 0.1) is 12.3 Å². The van der Waals surface area contributed by atoms with Gasteiger partial charge in [-0.3, -0.25) is 4.79 Å². The normalized spacial score (nSPS) is 42.1. The number of aliphatic hydroxyl groups excluding tert-OH is 1. The van der Waals surface area contributed by atoms with Crippen LogP contribution in [-0.4, -0.2) is 34.3 Å². The molecule has 18 heavy (non-hydrogen) atoms. The van der Waals surface area contributed by atoms with Gasteiger partial charge in [0, 0.05) is 13.0 Å². The third-order valence-electron chi connectivity index (χ3n) is 5.14. The molecule has 0 aromatic heterocycles. The highest BCUT2D eigenvalue weighted by Gasteiger charge is 2.63. The minimum absolute atomic E-state index is 0.138. The molecule has 0 aromatic rings. The molecule has 3 atom stereocenters. The van der Waals surface area contributed by atoms with E-state index < -0.39 is 6.29 Å². The summed E-state index contributed by atoms with van der Waals surface area (Å²) >= 11 is 0. The highest BCUT2D eigenvalue weighted by atomic mass is 16.6. The van der Waals surface area contributed by atoms with Gasteiger partial charge in [-0.1, -0.05) is 12.8 Å². The summed E-state index contributed by atoms with van der Waals surface area (Å²) in [5.41, 5.74) is 0.984. The molecule has 1 amide bonds. The monoisotopic (exact) mass is 248 g/mol. The standard InChI is InChI=1S/C14H18NO3/c16-12-7-9-3-1-2-5-14(9)10-8-13(17)18-11(10)4-6-15(12)14/h8-9,13,17H,1-7H2/q+1/t9-,13+,14-/m0/s1. The Hall–Kier alpha value is -1.16. The van der Waals surface area contributed by atoms with E-state index in [9.17, 15) is 9.90 Å². The van der Waals surface area contributed by atoms with E-state index in [2.05, 4.69) is 4.90 Å². The summed E-state index contributed by atoms with van der Waals surface area (Å²) in [6, 6.07) is 0. The molecular formula is C14H18NO3+. The molecular weight excluding hydrogens is 230 g/mol. The molecule has 4 aliphatic rings. The molecule has 0 bridgehead atoms. The number of ether oxygens (including phenoxy) is 1. The van der Waals surface area contributed by atoms with Crippen LogP contribution in [-0.2, 0) is 9.53 Å². The topological polar surface area (TPSA) is 49.8 Å². The summed E-state index contributed by atoms with van der Waals surface area (Å²) in [7, 11) is 0. The molecule has 1 spiro atoms. The SMILES string of the molecule is O=C1C[C@@H]2CCCC[C@@]23C2=C(CCN13)O[C@@H](O)[CH+]2. The van der Waals surface area contributed by atoms with Crippen molar-refractivity contribution in [2.45, 2.75) is 50.4 Å². The van der Waals surface area contributed by atoms with Gasteiger partial charge in [-0.05, 0) is 18.8 Å². The molecule has 1 N–H and O–H groups in total. The van der Waals surface area contributed by atoms with Crippen LogP contribution in [0.15, 0.2) is 11.3 Å². The van der Waals surface area contributed by atoms with Gasteiger partial charge in [0.15, 0.2) is 5.57 Å². The van der Waals surface area contributed by atoms with Crippen LogP contribution in [0.5, 0.6) is 0 Å². The second kappa shape index (κ2) is 3.44. The first-order valence-corrected chi connectivity index (χ1v) is 6.95. The fourth-order valence-electron chi connectivity index (χ4n) is 4.49. The van der Waals surface area contributed by atoms with Crippen molar-refractivity contribution < 1.29 is 14.6 Å². The van der Waals surface area contributed by atoms with E-state index in [1.807, 2.05) is 6.42 Å². The van der Waals surface area contributed by atoms with Gasteiger partial charge in [0.25, 0.3) is 0 Å². The predicted octanol–water partition coefficient (Wildman–Crippen LogP) is 1.36. The fraction of sp³-hybridized carbons (Fsp3) is 0.714. The molecule has 3 heterocycles. The average molecular weight is 248 g/mol. The minimum atomic E-state index is -0.803. The van der Waals surface area contributed by atoms with E-state index >= 15 is 0 Å². The summed E-state index contributed by atoms with van der Waals surface area (Å²) in [5.74, 6) is 1.65. The van der Waals surface area contributed by atoms with E-state index in [1.54, 1.807) is 0 Å². The lowest BCUT2D eigenvalue weighted by atomic mass is 9.67. The van der Waals surface area contributed by atoms with Gasteiger partial charge < -0.3 is 14.7 Å². The first-order chi connectivity index (χ1) is 8.72. The molecule has 4 heteroatoms. The van der Waals surface area contributed by atoms with Crippen LogP contribution in [0.2, 0.25) is 0 Å². The molecule has 1 aliphatic carbocycles.